The molecule has 0 aliphatic carbocycles. The number of hydrogen-bond donors (Lipinski definition) is 1. The Bertz CT molecular complexity index is 371. The van der Waals surface area contributed by atoms with E-state index in [0.717, 1.165) is 25.2 Å². The highest BCUT2D eigenvalue weighted by molar-refractivity contribution is 6.42. The van der Waals surface area contributed by atoms with E-state index in [1.165, 1.54) is 12.8 Å². The van der Waals surface area contributed by atoms with Crippen molar-refractivity contribution in [2.75, 3.05) is 13.1 Å². The zero-order valence-electron chi connectivity index (χ0n) is 9.53. The third kappa shape index (κ3) is 3.49. The van der Waals surface area contributed by atoms with Gasteiger partial charge in [-0.1, -0.05) is 35.3 Å². The van der Waals surface area contributed by atoms with Crippen molar-refractivity contribution in [1.82, 2.24) is 4.90 Å². The lowest BCUT2D eigenvalue weighted by molar-refractivity contribution is 0.250. The van der Waals surface area contributed by atoms with Crippen LogP contribution in [0.1, 0.15) is 18.4 Å². The summed E-state index contributed by atoms with van der Waals surface area (Å²) in [5.74, 6) is 0. The Labute approximate surface area is 118 Å². The third-order valence-corrected chi connectivity index (χ3v) is 4.03. The maximum atomic E-state index is 6.17. The number of likely N-dealkylation sites (tertiary alicyclic amines) is 1. The van der Waals surface area contributed by atoms with Crippen molar-refractivity contribution in [2.24, 2.45) is 5.73 Å². The highest BCUT2D eigenvalue weighted by Gasteiger charge is 2.23. The van der Waals surface area contributed by atoms with Gasteiger partial charge in [0.25, 0.3) is 0 Å². The molecule has 0 spiro atoms. The number of nitrogens with zero attached hydrogens (tertiary/aromatic N) is 1. The molecule has 1 heterocycles. The van der Waals surface area contributed by atoms with E-state index in [2.05, 4.69) is 4.90 Å². The van der Waals surface area contributed by atoms with Gasteiger partial charge >= 0.3 is 0 Å². The van der Waals surface area contributed by atoms with E-state index in [4.69, 9.17) is 28.9 Å². The molecular formula is C12H17Cl3N2. The Morgan fingerprint density at radius 1 is 1.35 bits per heavy atom. The lowest BCUT2D eigenvalue weighted by Crippen LogP contribution is -2.34. The second kappa shape index (κ2) is 6.81. The molecule has 1 unspecified atom stereocenters. The number of nitrogens with two attached hydrogens (primary N) is 1. The summed E-state index contributed by atoms with van der Waals surface area (Å²) in [6.45, 7) is 2.67. The molecule has 1 aromatic rings. The molecule has 0 bridgehead atoms. The van der Waals surface area contributed by atoms with Crippen molar-refractivity contribution in [2.45, 2.75) is 25.4 Å². The van der Waals surface area contributed by atoms with Crippen molar-refractivity contribution >= 4 is 35.6 Å². The predicted molar refractivity (Wildman–Crippen MR) is 76.2 cm³/mol. The summed E-state index contributed by atoms with van der Waals surface area (Å²) in [5, 5.41) is 1.30. The zero-order chi connectivity index (χ0) is 11.5. The fourth-order valence-corrected chi connectivity index (χ4v) is 2.64. The van der Waals surface area contributed by atoms with Gasteiger partial charge in [0.15, 0.2) is 0 Å². The van der Waals surface area contributed by atoms with Gasteiger partial charge in [-0.3, -0.25) is 4.90 Å². The van der Waals surface area contributed by atoms with Crippen molar-refractivity contribution in [3.05, 3.63) is 33.8 Å². The van der Waals surface area contributed by atoms with Gasteiger partial charge in [0.1, 0.15) is 0 Å². The van der Waals surface area contributed by atoms with Crippen molar-refractivity contribution in [3.8, 4) is 0 Å². The zero-order valence-corrected chi connectivity index (χ0v) is 11.9. The first-order valence-corrected chi connectivity index (χ1v) is 6.35. The van der Waals surface area contributed by atoms with Crippen LogP contribution in [0.25, 0.3) is 0 Å². The van der Waals surface area contributed by atoms with Gasteiger partial charge in [0.2, 0.25) is 0 Å². The van der Waals surface area contributed by atoms with Crippen LogP contribution in [0.5, 0.6) is 0 Å². The normalized spacial score (nSPS) is 20.3. The molecule has 2 N–H and O–H groups in total. The second-order valence-electron chi connectivity index (χ2n) is 4.22. The van der Waals surface area contributed by atoms with Gasteiger partial charge in [-0.2, -0.15) is 0 Å². The van der Waals surface area contributed by atoms with Gasteiger partial charge in [0.05, 0.1) is 10.0 Å². The molecular weight excluding hydrogens is 279 g/mol. The number of hydrogen-bond acceptors (Lipinski definition) is 2. The Morgan fingerprint density at radius 2 is 2.12 bits per heavy atom. The summed E-state index contributed by atoms with van der Waals surface area (Å²) in [6, 6.07) is 6.28. The molecule has 0 radical (unpaired) electrons. The van der Waals surface area contributed by atoms with Crippen LogP contribution in [0.4, 0.5) is 0 Å². The van der Waals surface area contributed by atoms with Crippen LogP contribution in [0.3, 0.4) is 0 Å². The standard InChI is InChI=1S/C12H16Cl2N2.ClH/c13-11-5-1-3-9(12(11)14)8-16-6-2-4-10(16)7-15;/h1,3,5,10H,2,4,6-8,15H2;1H. The number of rotatable bonds is 3. The number of halogens is 3. The average Bonchev–Trinajstić information content (AvgIpc) is 2.72. The van der Waals surface area contributed by atoms with E-state index < -0.39 is 0 Å². The van der Waals surface area contributed by atoms with Crippen LogP contribution in [-0.4, -0.2) is 24.0 Å². The third-order valence-electron chi connectivity index (χ3n) is 3.18. The predicted octanol–water partition coefficient (Wildman–Crippen LogP) is 3.34. The molecule has 17 heavy (non-hydrogen) atoms. The molecule has 0 amide bonds. The van der Waals surface area contributed by atoms with Crippen LogP contribution in [0.15, 0.2) is 18.2 Å². The lowest BCUT2D eigenvalue weighted by atomic mass is 10.2. The highest BCUT2D eigenvalue weighted by atomic mass is 35.5. The van der Waals surface area contributed by atoms with Crippen LogP contribution in [-0.2, 0) is 6.54 Å². The fraction of sp³-hybridized carbons (Fsp3) is 0.500. The number of benzene rings is 1. The minimum absolute atomic E-state index is 0. The molecule has 2 rings (SSSR count). The largest absolute Gasteiger partial charge is 0.329 e. The topological polar surface area (TPSA) is 29.3 Å². The molecule has 1 aliphatic heterocycles. The molecule has 1 atom stereocenters. The van der Waals surface area contributed by atoms with E-state index >= 15 is 0 Å². The molecule has 0 aromatic heterocycles. The maximum Gasteiger partial charge on any atom is 0.0637 e. The van der Waals surface area contributed by atoms with Gasteiger partial charge < -0.3 is 5.73 Å². The quantitative estimate of drug-likeness (QED) is 0.927. The summed E-state index contributed by atoms with van der Waals surface area (Å²) >= 11 is 12.2. The summed E-state index contributed by atoms with van der Waals surface area (Å²) in [7, 11) is 0. The summed E-state index contributed by atoms with van der Waals surface area (Å²) in [6.07, 6.45) is 2.41. The van der Waals surface area contributed by atoms with E-state index in [-0.39, 0.29) is 12.4 Å². The van der Waals surface area contributed by atoms with Crippen LogP contribution < -0.4 is 5.73 Å². The Kier molecular flexibility index (Phi) is 6.04. The van der Waals surface area contributed by atoms with E-state index in [1.807, 2.05) is 18.2 Å². The maximum absolute atomic E-state index is 6.17. The molecule has 1 fully saturated rings. The molecule has 0 saturated carbocycles. The molecule has 1 aliphatic rings. The molecule has 1 saturated heterocycles. The molecule has 2 nitrogen and oxygen atoms in total. The van der Waals surface area contributed by atoms with Crippen LogP contribution >= 0.6 is 35.6 Å². The van der Waals surface area contributed by atoms with Crippen molar-refractivity contribution < 1.29 is 0 Å². The Morgan fingerprint density at radius 3 is 2.82 bits per heavy atom. The fourth-order valence-electron chi connectivity index (χ4n) is 2.26. The van der Waals surface area contributed by atoms with Gasteiger partial charge in [-0.15, -0.1) is 12.4 Å². The first-order chi connectivity index (χ1) is 7.72. The Hall–Kier alpha value is 0.01000. The summed E-state index contributed by atoms with van der Waals surface area (Å²) in [5.41, 5.74) is 6.84. The van der Waals surface area contributed by atoms with E-state index in [9.17, 15) is 0 Å². The monoisotopic (exact) mass is 294 g/mol. The van der Waals surface area contributed by atoms with Crippen LogP contribution in [0.2, 0.25) is 10.0 Å². The Balaban J connectivity index is 0.00000144. The van der Waals surface area contributed by atoms with Crippen molar-refractivity contribution in [3.63, 3.8) is 0 Å². The van der Waals surface area contributed by atoms with E-state index in [1.54, 1.807) is 0 Å². The summed E-state index contributed by atoms with van der Waals surface area (Å²) in [4.78, 5) is 2.39. The first kappa shape index (κ1) is 15.1. The van der Waals surface area contributed by atoms with Gasteiger partial charge in [-0.25, -0.2) is 0 Å². The van der Waals surface area contributed by atoms with Crippen LogP contribution in [0, 0.1) is 0 Å². The molecule has 1 aromatic carbocycles. The highest BCUT2D eigenvalue weighted by Crippen LogP contribution is 2.28. The molecule has 5 heteroatoms. The minimum atomic E-state index is 0. The minimum Gasteiger partial charge on any atom is -0.329 e. The SMILES string of the molecule is Cl.NCC1CCCN1Cc1cccc(Cl)c1Cl. The first-order valence-electron chi connectivity index (χ1n) is 5.59. The summed E-state index contributed by atoms with van der Waals surface area (Å²) < 4.78 is 0. The average molecular weight is 296 g/mol. The smallest absolute Gasteiger partial charge is 0.0637 e. The van der Waals surface area contributed by atoms with Gasteiger partial charge in [0, 0.05) is 19.1 Å². The van der Waals surface area contributed by atoms with Crippen molar-refractivity contribution in [1.29, 1.82) is 0 Å². The second-order valence-corrected chi connectivity index (χ2v) is 5.00. The molecule has 96 valence electrons. The lowest BCUT2D eigenvalue weighted by Gasteiger charge is -2.23. The van der Waals surface area contributed by atoms with E-state index in [0.29, 0.717) is 16.1 Å². The van der Waals surface area contributed by atoms with Gasteiger partial charge in [-0.05, 0) is 31.0 Å².